The van der Waals surface area contributed by atoms with Crippen LogP contribution >= 0.6 is 0 Å². The van der Waals surface area contributed by atoms with Gasteiger partial charge in [0.1, 0.15) is 0 Å². The van der Waals surface area contributed by atoms with Gasteiger partial charge in [0.05, 0.1) is 6.42 Å². The fraction of sp³-hybridized carbons (Fsp3) is 0.846. The van der Waals surface area contributed by atoms with Crippen molar-refractivity contribution in [2.24, 2.45) is 5.92 Å². The van der Waals surface area contributed by atoms with Gasteiger partial charge in [-0.3, -0.25) is 9.59 Å². The zero-order valence-corrected chi connectivity index (χ0v) is 11.2. The molecule has 0 bridgehead atoms. The van der Waals surface area contributed by atoms with Crippen LogP contribution in [0.5, 0.6) is 0 Å². The molecular weight excluding hydrogens is 232 g/mol. The van der Waals surface area contributed by atoms with Crippen LogP contribution in [0.1, 0.15) is 39.0 Å². The van der Waals surface area contributed by atoms with E-state index < -0.39 is 5.97 Å². The first-order valence-electron chi connectivity index (χ1n) is 6.79. The van der Waals surface area contributed by atoms with Gasteiger partial charge in [-0.1, -0.05) is 6.92 Å². The number of nitrogens with one attached hydrogen (secondary N) is 1. The lowest BCUT2D eigenvalue weighted by atomic mass is 9.99. The maximum absolute atomic E-state index is 11.3. The van der Waals surface area contributed by atoms with Crippen molar-refractivity contribution in [2.45, 2.75) is 39.0 Å². The number of hydrogen-bond donors (Lipinski definition) is 2. The van der Waals surface area contributed by atoms with Crippen molar-refractivity contribution in [3.8, 4) is 0 Å². The summed E-state index contributed by atoms with van der Waals surface area (Å²) in [6.07, 6.45) is 3.47. The summed E-state index contributed by atoms with van der Waals surface area (Å²) in [7, 11) is 0. The van der Waals surface area contributed by atoms with E-state index in [1.54, 1.807) is 0 Å². The summed E-state index contributed by atoms with van der Waals surface area (Å²) in [6, 6.07) is 0. The maximum Gasteiger partial charge on any atom is 0.303 e. The van der Waals surface area contributed by atoms with Gasteiger partial charge in [-0.15, -0.1) is 0 Å². The zero-order chi connectivity index (χ0) is 13.4. The second-order valence-corrected chi connectivity index (χ2v) is 5.12. The highest BCUT2D eigenvalue weighted by Crippen LogP contribution is 2.15. The Morgan fingerprint density at radius 1 is 1.28 bits per heavy atom. The topological polar surface area (TPSA) is 69.6 Å². The summed E-state index contributed by atoms with van der Waals surface area (Å²) in [5.74, 6) is -0.241. The molecule has 0 spiro atoms. The van der Waals surface area contributed by atoms with E-state index in [0.29, 0.717) is 6.54 Å². The number of carboxylic acid groups (broad SMARTS) is 1. The summed E-state index contributed by atoms with van der Waals surface area (Å²) >= 11 is 0. The van der Waals surface area contributed by atoms with Crippen LogP contribution in [0.25, 0.3) is 0 Å². The van der Waals surface area contributed by atoms with E-state index in [-0.39, 0.29) is 18.7 Å². The lowest BCUT2D eigenvalue weighted by molar-refractivity contribution is -0.138. The predicted octanol–water partition coefficient (Wildman–Crippen LogP) is 1.09. The van der Waals surface area contributed by atoms with Crippen LogP contribution in [0, 0.1) is 5.92 Å². The molecule has 0 saturated carbocycles. The number of likely N-dealkylation sites (tertiary alicyclic amines) is 1. The fourth-order valence-corrected chi connectivity index (χ4v) is 2.12. The van der Waals surface area contributed by atoms with Crippen LogP contribution < -0.4 is 5.32 Å². The number of carbonyl (C=O) groups excluding carboxylic acids is 1. The van der Waals surface area contributed by atoms with E-state index in [4.69, 9.17) is 5.11 Å². The molecule has 0 radical (unpaired) electrons. The first-order chi connectivity index (χ1) is 8.58. The van der Waals surface area contributed by atoms with Crippen molar-refractivity contribution >= 4 is 11.9 Å². The molecule has 1 fully saturated rings. The molecule has 5 nitrogen and oxygen atoms in total. The Labute approximate surface area is 109 Å². The smallest absolute Gasteiger partial charge is 0.303 e. The van der Waals surface area contributed by atoms with E-state index in [1.165, 1.54) is 12.8 Å². The second kappa shape index (κ2) is 8.08. The normalized spacial score (nSPS) is 17.6. The Balaban J connectivity index is 1.98. The first kappa shape index (κ1) is 15.0. The third kappa shape index (κ3) is 6.59. The van der Waals surface area contributed by atoms with Crippen LogP contribution in [-0.2, 0) is 9.59 Å². The first-order valence-corrected chi connectivity index (χ1v) is 6.79. The molecule has 5 heteroatoms. The van der Waals surface area contributed by atoms with Gasteiger partial charge in [-0.25, -0.2) is 0 Å². The van der Waals surface area contributed by atoms with E-state index in [1.807, 2.05) is 0 Å². The molecule has 0 aliphatic carbocycles. The number of aliphatic carboxylic acids is 1. The summed E-state index contributed by atoms with van der Waals surface area (Å²) in [5, 5.41) is 11.2. The molecule has 0 aromatic heterocycles. The molecule has 104 valence electrons. The standard InChI is InChI=1S/C13H24N2O3/c1-11-5-9-15(10-6-11)8-2-7-14-12(16)3-4-13(17)18/h11H,2-10H2,1H3,(H,14,16)(H,17,18). The molecule has 1 aliphatic heterocycles. The van der Waals surface area contributed by atoms with Crippen LogP contribution in [-0.4, -0.2) is 48.1 Å². The summed E-state index contributed by atoms with van der Waals surface area (Å²) in [6.45, 7) is 6.28. The third-order valence-corrected chi connectivity index (χ3v) is 3.42. The lowest BCUT2D eigenvalue weighted by Gasteiger charge is -2.30. The van der Waals surface area contributed by atoms with Crippen molar-refractivity contribution in [3.05, 3.63) is 0 Å². The van der Waals surface area contributed by atoms with Gasteiger partial charge in [-0.2, -0.15) is 0 Å². The number of piperidine rings is 1. The highest BCUT2D eigenvalue weighted by Gasteiger charge is 2.14. The Bertz CT molecular complexity index is 273. The van der Waals surface area contributed by atoms with E-state index in [9.17, 15) is 9.59 Å². The molecule has 2 N–H and O–H groups in total. The largest absolute Gasteiger partial charge is 0.481 e. The van der Waals surface area contributed by atoms with E-state index >= 15 is 0 Å². The number of rotatable bonds is 7. The minimum absolute atomic E-state index is 0.0799. The molecule has 0 atom stereocenters. The molecular formula is C13H24N2O3. The van der Waals surface area contributed by atoms with Crippen molar-refractivity contribution in [1.82, 2.24) is 10.2 Å². The molecule has 1 amide bonds. The Morgan fingerprint density at radius 2 is 1.94 bits per heavy atom. The molecule has 18 heavy (non-hydrogen) atoms. The van der Waals surface area contributed by atoms with E-state index in [0.717, 1.165) is 32.0 Å². The number of carboxylic acids is 1. The minimum Gasteiger partial charge on any atom is -0.481 e. The van der Waals surface area contributed by atoms with Crippen LogP contribution in [0.3, 0.4) is 0 Å². The molecule has 0 aromatic carbocycles. The van der Waals surface area contributed by atoms with Crippen LogP contribution in [0.2, 0.25) is 0 Å². The van der Waals surface area contributed by atoms with Gasteiger partial charge in [0.25, 0.3) is 0 Å². The summed E-state index contributed by atoms with van der Waals surface area (Å²) < 4.78 is 0. The van der Waals surface area contributed by atoms with Gasteiger partial charge in [0.2, 0.25) is 5.91 Å². The average molecular weight is 256 g/mol. The average Bonchev–Trinajstić information content (AvgIpc) is 2.34. The fourth-order valence-electron chi connectivity index (χ4n) is 2.12. The molecule has 0 aromatic rings. The zero-order valence-electron chi connectivity index (χ0n) is 11.2. The van der Waals surface area contributed by atoms with Gasteiger partial charge in [0, 0.05) is 13.0 Å². The molecule has 0 unspecified atom stereocenters. The van der Waals surface area contributed by atoms with Gasteiger partial charge in [0.15, 0.2) is 0 Å². The third-order valence-electron chi connectivity index (χ3n) is 3.42. The highest BCUT2D eigenvalue weighted by atomic mass is 16.4. The highest BCUT2D eigenvalue weighted by molar-refractivity contribution is 5.80. The number of hydrogen-bond acceptors (Lipinski definition) is 3. The van der Waals surface area contributed by atoms with Crippen molar-refractivity contribution in [1.29, 1.82) is 0 Å². The van der Waals surface area contributed by atoms with E-state index in [2.05, 4.69) is 17.1 Å². The van der Waals surface area contributed by atoms with Crippen LogP contribution in [0.15, 0.2) is 0 Å². The Morgan fingerprint density at radius 3 is 2.56 bits per heavy atom. The molecule has 1 saturated heterocycles. The number of carbonyl (C=O) groups is 2. The minimum atomic E-state index is -0.924. The number of nitrogens with zero attached hydrogens (tertiary/aromatic N) is 1. The quantitative estimate of drug-likeness (QED) is 0.669. The van der Waals surface area contributed by atoms with Gasteiger partial charge >= 0.3 is 5.97 Å². The SMILES string of the molecule is CC1CCN(CCCNC(=O)CCC(=O)O)CC1. The lowest BCUT2D eigenvalue weighted by Crippen LogP contribution is -2.35. The molecule has 1 rings (SSSR count). The summed E-state index contributed by atoms with van der Waals surface area (Å²) in [4.78, 5) is 24.0. The van der Waals surface area contributed by atoms with Crippen LogP contribution in [0.4, 0.5) is 0 Å². The predicted molar refractivity (Wildman–Crippen MR) is 69.3 cm³/mol. The molecule has 1 aliphatic rings. The Kier molecular flexibility index (Phi) is 6.72. The monoisotopic (exact) mass is 256 g/mol. The van der Waals surface area contributed by atoms with Gasteiger partial charge < -0.3 is 15.3 Å². The Hall–Kier alpha value is -1.10. The van der Waals surface area contributed by atoms with Gasteiger partial charge in [-0.05, 0) is 44.8 Å². The maximum atomic E-state index is 11.3. The summed E-state index contributed by atoms with van der Waals surface area (Å²) in [5.41, 5.74) is 0. The second-order valence-electron chi connectivity index (χ2n) is 5.12. The number of amides is 1. The molecule has 1 heterocycles. The van der Waals surface area contributed by atoms with Crippen molar-refractivity contribution in [3.63, 3.8) is 0 Å². The van der Waals surface area contributed by atoms with Crippen molar-refractivity contribution < 1.29 is 14.7 Å². The van der Waals surface area contributed by atoms with Crippen molar-refractivity contribution in [2.75, 3.05) is 26.2 Å².